The summed E-state index contributed by atoms with van der Waals surface area (Å²) in [7, 11) is 0. The van der Waals surface area contributed by atoms with Gasteiger partial charge in [0.1, 0.15) is 5.56 Å². The lowest BCUT2D eigenvalue weighted by Crippen LogP contribution is -2.39. The van der Waals surface area contributed by atoms with E-state index in [4.69, 9.17) is 9.47 Å². The molecule has 104 valence electrons. The molecule has 2 heterocycles. The van der Waals surface area contributed by atoms with Gasteiger partial charge in [-0.1, -0.05) is 11.3 Å². The molecule has 7 heteroatoms. The first-order valence-corrected chi connectivity index (χ1v) is 6.83. The maximum atomic E-state index is 12.2. The molecule has 0 bridgehead atoms. The largest absolute Gasteiger partial charge is 0.451 e. The van der Waals surface area contributed by atoms with E-state index in [1.807, 2.05) is 12.1 Å². The van der Waals surface area contributed by atoms with Crippen molar-refractivity contribution in [1.29, 1.82) is 0 Å². The Bertz CT molecular complexity index is 668. The van der Waals surface area contributed by atoms with E-state index < -0.39 is 11.8 Å². The molecule has 0 radical (unpaired) electrons. The third-order valence-electron chi connectivity index (χ3n) is 2.89. The number of esters is 1. The Morgan fingerprint density at radius 3 is 2.85 bits per heavy atom. The van der Waals surface area contributed by atoms with Crippen molar-refractivity contribution in [2.45, 2.75) is 26.2 Å². The quantitative estimate of drug-likeness (QED) is 0.787. The number of cyclic esters (lactones) is 1. The average Bonchev–Trinajstić information content (AvgIpc) is 2.84. The Labute approximate surface area is 123 Å². The lowest BCUT2D eigenvalue weighted by molar-refractivity contribution is -0.127. The number of fused-ring (bicyclic) bond motifs is 1. The average molecular weight is 338 g/mol. The summed E-state index contributed by atoms with van der Waals surface area (Å²) in [5, 5.41) is 7.64. The molecule has 0 saturated carbocycles. The normalized spacial score (nSPS) is 16.2. The molecule has 0 amide bonds. The SMILES string of the molecule is CC1(C)OC(=O)c2c(Cn3ccnn3)ccc(Br)c2O1. The minimum absolute atomic E-state index is 0.396. The summed E-state index contributed by atoms with van der Waals surface area (Å²) >= 11 is 3.41. The Hall–Kier alpha value is -1.89. The molecule has 1 aromatic carbocycles. The van der Waals surface area contributed by atoms with Gasteiger partial charge in [0.05, 0.1) is 17.2 Å². The van der Waals surface area contributed by atoms with E-state index in [0.717, 1.165) is 10.0 Å². The van der Waals surface area contributed by atoms with Crippen LogP contribution in [0.15, 0.2) is 29.0 Å². The van der Waals surface area contributed by atoms with E-state index in [0.29, 0.717) is 17.9 Å². The zero-order valence-corrected chi connectivity index (χ0v) is 12.5. The van der Waals surface area contributed by atoms with Crippen LogP contribution < -0.4 is 4.74 Å². The molecule has 1 aromatic heterocycles. The summed E-state index contributed by atoms with van der Waals surface area (Å²) in [6.07, 6.45) is 3.32. The van der Waals surface area contributed by atoms with E-state index in [1.54, 1.807) is 30.9 Å². The molecule has 6 nitrogen and oxygen atoms in total. The van der Waals surface area contributed by atoms with Crippen molar-refractivity contribution in [2.24, 2.45) is 0 Å². The van der Waals surface area contributed by atoms with E-state index in [2.05, 4.69) is 26.2 Å². The number of benzene rings is 1. The van der Waals surface area contributed by atoms with Crippen molar-refractivity contribution >= 4 is 21.9 Å². The van der Waals surface area contributed by atoms with E-state index >= 15 is 0 Å². The topological polar surface area (TPSA) is 66.2 Å². The number of hydrogen-bond donors (Lipinski definition) is 0. The maximum Gasteiger partial charge on any atom is 0.345 e. The van der Waals surface area contributed by atoms with Crippen molar-refractivity contribution in [1.82, 2.24) is 15.0 Å². The number of ether oxygens (including phenoxy) is 2. The second-order valence-electron chi connectivity index (χ2n) is 4.90. The molecule has 0 aliphatic carbocycles. The lowest BCUT2D eigenvalue weighted by atomic mass is 10.0. The molecule has 0 spiro atoms. The molecule has 0 N–H and O–H groups in total. The van der Waals surface area contributed by atoms with Crippen LogP contribution in [0.1, 0.15) is 29.8 Å². The minimum atomic E-state index is -0.974. The molecule has 2 aromatic rings. The minimum Gasteiger partial charge on any atom is -0.451 e. The first-order chi connectivity index (χ1) is 9.46. The number of aromatic nitrogens is 3. The summed E-state index contributed by atoms with van der Waals surface area (Å²) in [6.45, 7) is 3.82. The number of carbonyl (C=O) groups is 1. The van der Waals surface area contributed by atoms with Crippen molar-refractivity contribution in [2.75, 3.05) is 0 Å². The summed E-state index contributed by atoms with van der Waals surface area (Å²) in [5.74, 6) is -0.866. The number of hydrogen-bond acceptors (Lipinski definition) is 5. The number of rotatable bonds is 2. The molecule has 3 rings (SSSR count). The monoisotopic (exact) mass is 337 g/mol. The second-order valence-corrected chi connectivity index (χ2v) is 5.76. The van der Waals surface area contributed by atoms with Gasteiger partial charge in [-0.25, -0.2) is 9.48 Å². The highest BCUT2D eigenvalue weighted by molar-refractivity contribution is 9.10. The molecule has 0 fully saturated rings. The van der Waals surface area contributed by atoms with Gasteiger partial charge in [-0.15, -0.1) is 5.10 Å². The first kappa shape index (κ1) is 13.1. The van der Waals surface area contributed by atoms with Crippen LogP contribution in [0.2, 0.25) is 0 Å². The van der Waals surface area contributed by atoms with E-state index in [1.165, 1.54) is 0 Å². The van der Waals surface area contributed by atoms with Gasteiger partial charge in [-0.3, -0.25) is 0 Å². The lowest BCUT2D eigenvalue weighted by Gasteiger charge is -2.33. The summed E-state index contributed by atoms with van der Waals surface area (Å²) in [6, 6.07) is 3.69. The van der Waals surface area contributed by atoms with Gasteiger partial charge in [-0.2, -0.15) is 0 Å². The molecular formula is C13H12BrN3O3. The standard InChI is InChI=1S/C13H12BrN3O3/c1-13(2)19-11-9(14)4-3-8(10(11)12(18)20-13)7-17-6-5-15-16-17/h3-6H,7H2,1-2H3. The molecule has 0 atom stereocenters. The smallest absolute Gasteiger partial charge is 0.345 e. The van der Waals surface area contributed by atoms with Crippen LogP contribution in [-0.2, 0) is 11.3 Å². The van der Waals surface area contributed by atoms with E-state index in [9.17, 15) is 4.79 Å². The fourth-order valence-electron chi connectivity index (χ4n) is 2.09. The zero-order chi connectivity index (χ0) is 14.3. The Morgan fingerprint density at radius 2 is 2.15 bits per heavy atom. The van der Waals surface area contributed by atoms with Gasteiger partial charge in [0.15, 0.2) is 5.75 Å². The van der Waals surface area contributed by atoms with Crippen molar-refractivity contribution in [3.63, 3.8) is 0 Å². The van der Waals surface area contributed by atoms with Crippen molar-refractivity contribution in [3.8, 4) is 5.75 Å². The number of nitrogens with zero attached hydrogens (tertiary/aromatic N) is 3. The molecule has 20 heavy (non-hydrogen) atoms. The van der Waals surface area contributed by atoms with Gasteiger partial charge in [0.2, 0.25) is 5.79 Å². The summed E-state index contributed by atoms with van der Waals surface area (Å²) in [4.78, 5) is 12.2. The highest BCUT2D eigenvalue weighted by Gasteiger charge is 2.36. The molecule has 0 saturated heterocycles. The second kappa shape index (κ2) is 4.59. The Morgan fingerprint density at radius 1 is 1.35 bits per heavy atom. The van der Waals surface area contributed by atoms with Crippen LogP contribution in [0, 0.1) is 0 Å². The van der Waals surface area contributed by atoms with Gasteiger partial charge in [-0.05, 0) is 27.6 Å². The van der Waals surface area contributed by atoms with Crippen LogP contribution in [0.5, 0.6) is 5.75 Å². The van der Waals surface area contributed by atoms with Gasteiger partial charge in [0.25, 0.3) is 0 Å². The third kappa shape index (κ3) is 2.29. The highest BCUT2D eigenvalue weighted by Crippen LogP contribution is 2.39. The molecule has 1 aliphatic rings. The van der Waals surface area contributed by atoms with Gasteiger partial charge < -0.3 is 9.47 Å². The Balaban J connectivity index is 2.08. The predicted octanol–water partition coefficient (Wildman–Crippen LogP) is 2.37. The van der Waals surface area contributed by atoms with Gasteiger partial charge in [0, 0.05) is 20.0 Å². The third-order valence-corrected chi connectivity index (χ3v) is 3.52. The van der Waals surface area contributed by atoms with E-state index in [-0.39, 0.29) is 0 Å². The van der Waals surface area contributed by atoms with Crippen LogP contribution in [-0.4, -0.2) is 26.8 Å². The summed E-state index contributed by atoms with van der Waals surface area (Å²) in [5.41, 5.74) is 1.20. The van der Waals surface area contributed by atoms with Crippen LogP contribution in [0.4, 0.5) is 0 Å². The number of carbonyl (C=O) groups excluding carboxylic acids is 1. The predicted molar refractivity (Wildman–Crippen MR) is 73.4 cm³/mol. The first-order valence-electron chi connectivity index (χ1n) is 6.04. The van der Waals surface area contributed by atoms with Crippen molar-refractivity contribution in [3.05, 3.63) is 40.1 Å². The zero-order valence-electron chi connectivity index (χ0n) is 11.0. The maximum absolute atomic E-state index is 12.2. The molecular weight excluding hydrogens is 326 g/mol. The molecule has 0 unspecified atom stereocenters. The van der Waals surface area contributed by atoms with Crippen LogP contribution in [0.25, 0.3) is 0 Å². The Kier molecular flexibility index (Phi) is 3.01. The van der Waals surface area contributed by atoms with Crippen LogP contribution in [0.3, 0.4) is 0 Å². The summed E-state index contributed by atoms with van der Waals surface area (Å²) < 4.78 is 13.4. The van der Waals surface area contributed by atoms with Gasteiger partial charge >= 0.3 is 5.97 Å². The number of halogens is 1. The van der Waals surface area contributed by atoms with Crippen LogP contribution >= 0.6 is 15.9 Å². The molecule has 1 aliphatic heterocycles. The van der Waals surface area contributed by atoms with Crippen molar-refractivity contribution < 1.29 is 14.3 Å². The highest BCUT2D eigenvalue weighted by atomic mass is 79.9. The fraction of sp³-hybridized carbons (Fsp3) is 0.308. The fourth-order valence-corrected chi connectivity index (χ4v) is 2.50.